The van der Waals surface area contributed by atoms with Crippen molar-refractivity contribution in [3.8, 4) is 0 Å². The van der Waals surface area contributed by atoms with Gasteiger partial charge in [0.15, 0.2) is 0 Å². The molecule has 0 radical (unpaired) electrons. The zero-order chi connectivity index (χ0) is 14.3. The molecule has 2 aliphatic rings. The Hall–Kier alpha value is -0.610. The van der Waals surface area contributed by atoms with E-state index >= 15 is 0 Å². The van der Waals surface area contributed by atoms with E-state index in [0.717, 1.165) is 39.1 Å². The van der Waals surface area contributed by atoms with Crippen molar-refractivity contribution in [1.29, 1.82) is 0 Å². The summed E-state index contributed by atoms with van der Waals surface area (Å²) >= 11 is 0. The van der Waals surface area contributed by atoms with Gasteiger partial charge in [-0.15, -0.1) is 5.06 Å². The Balaban J connectivity index is 1.37. The molecule has 2 rings (SSSR count). The third-order valence-corrected chi connectivity index (χ3v) is 4.31. The van der Waals surface area contributed by atoms with Gasteiger partial charge in [0.2, 0.25) is 0 Å². The Bertz CT molecular complexity index is 294. The summed E-state index contributed by atoms with van der Waals surface area (Å²) in [6.45, 7) is 5.62. The molecule has 0 atom stereocenters. The maximum Gasteiger partial charge on any atom is 0.325 e. The molecule has 0 N–H and O–H groups in total. The SMILES string of the molecule is CCCCCCCCCCC(=O)ON1CC2(COC2)C1. The molecule has 0 saturated carbocycles. The van der Waals surface area contributed by atoms with E-state index in [2.05, 4.69) is 6.92 Å². The van der Waals surface area contributed by atoms with Crippen LogP contribution in [-0.2, 0) is 14.4 Å². The van der Waals surface area contributed by atoms with Gasteiger partial charge in [-0.2, -0.15) is 0 Å². The van der Waals surface area contributed by atoms with Gasteiger partial charge in [-0.05, 0) is 6.42 Å². The van der Waals surface area contributed by atoms with Gasteiger partial charge in [-0.25, -0.2) is 0 Å². The topological polar surface area (TPSA) is 38.8 Å². The first kappa shape index (κ1) is 15.8. The second-order valence-corrected chi connectivity index (χ2v) is 6.48. The van der Waals surface area contributed by atoms with Gasteiger partial charge in [0, 0.05) is 24.9 Å². The van der Waals surface area contributed by atoms with Crippen molar-refractivity contribution in [3.63, 3.8) is 0 Å². The van der Waals surface area contributed by atoms with Gasteiger partial charge in [0.1, 0.15) is 0 Å². The van der Waals surface area contributed by atoms with E-state index in [1.807, 2.05) is 0 Å². The molecular weight excluding hydrogens is 254 g/mol. The standard InChI is InChI=1S/C16H29NO3/c1-2-3-4-5-6-7-8-9-10-15(18)20-17-11-16(12-17)13-19-14-16/h2-14H2,1H3. The van der Waals surface area contributed by atoms with Gasteiger partial charge < -0.3 is 9.57 Å². The van der Waals surface area contributed by atoms with Crippen molar-refractivity contribution in [2.24, 2.45) is 5.41 Å². The van der Waals surface area contributed by atoms with Crippen LogP contribution in [0.15, 0.2) is 0 Å². The largest absolute Gasteiger partial charge is 0.380 e. The van der Waals surface area contributed by atoms with Gasteiger partial charge in [-0.3, -0.25) is 4.79 Å². The molecule has 0 unspecified atom stereocenters. The lowest BCUT2D eigenvalue weighted by Crippen LogP contribution is -2.65. The molecule has 0 aromatic rings. The maximum atomic E-state index is 11.6. The number of hydrogen-bond acceptors (Lipinski definition) is 4. The number of nitrogens with zero attached hydrogens (tertiary/aromatic N) is 1. The average molecular weight is 283 g/mol. The Kier molecular flexibility index (Phi) is 6.30. The first-order valence-electron chi connectivity index (χ1n) is 8.28. The molecule has 0 aliphatic carbocycles. The minimum Gasteiger partial charge on any atom is -0.380 e. The highest BCUT2D eigenvalue weighted by atomic mass is 16.7. The molecule has 0 amide bonds. The van der Waals surface area contributed by atoms with E-state index in [1.165, 1.54) is 38.5 Å². The molecule has 2 heterocycles. The molecule has 4 heteroatoms. The molecule has 2 aliphatic heterocycles. The average Bonchev–Trinajstić information content (AvgIpc) is 2.34. The van der Waals surface area contributed by atoms with E-state index in [9.17, 15) is 4.79 Å². The summed E-state index contributed by atoms with van der Waals surface area (Å²) in [6, 6.07) is 0. The van der Waals surface area contributed by atoms with Crippen LogP contribution in [0.4, 0.5) is 0 Å². The highest BCUT2D eigenvalue weighted by Crippen LogP contribution is 2.37. The van der Waals surface area contributed by atoms with Crippen LogP contribution in [0.25, 0.3) is 0 Å². The quantitative estimate of drug-likeness (QED) is 0.577. The van der Waals surface area contributed by atoms with E-state index in [4.69, 9.17) is 9.57 Å². The molecule has 2 saturated heterocycles. The minimum absolute atomic E-state index is 0.0638. The zero-order valence-corrected chi connectivity index (χ0v) is 12.9. The number of rotatable bonds is 10. The zero-order valence-electron chi connectivity index (χ0n) is 12.9. The summed E-state index contributed by atoms with van der Waals surface area (Å²) < 4.78 is 5.19. The molecule has 20 heavy (non-hydrogen) atoms. The van der Waals surface area contributed by atoms with E-state index in [1.54, 1.807) is 5.06 Å². The van der Waals surface area contributed by atoms with Crippen LogP contribution < -0.4 is 0 Å². The molecule has 0 bridgehead atoms. The first-order chi connectivity index (χ1) is 9.74. The number of ether oxygens (including phenoxy) is 1. The van der Waals surface area contributed by atoms with Crippen LogP contribution in [0.2, 0.25) is 0 Å². The number of carbonyl (C=O) groups excluding carboxylic acids is 1. The van der Waals surface area contributed by atoms with Gasteiger partial charge in [0.05, 0.1) is 13.2 Å². The van der Waals surface area contributed by atoms with Crippen LogP contribution in [0.5, 0.6) is 0 Å². The van der Waals surface area contributed by atoms with E-state index in [-0.39, 0.29) is 5.97 Å². The summed E-state index contributed by atoms with van der Waals surface area (Å²) in [4.78, 5) is 17.0. The highest BCUT2D eigenvalue weighted by molar-refractivity contribution is 5.69. The lowest BCUT2D eigenvalue weighted by molar-refractivity contribution is -0.291. The van der Waals surface area contributed by atoms with Crippen molar-refractivity contribution < 1.29 is 14.4 Å². The van der Waals surface area contributed by atoms with E-state index < -0.39 is 0 Å². The Labute approximate surface area is 122 Å². The van der Waals surface area contributed by atoms with Crippen molar-refractivity contribution in [1.82, 2.24) is 5.06 Å². The van der Waals surface area contributed by atoms with Gasteiger partial charge in [0.25, 0.3) is 0 Å². The fraction of sp³-hybridized carbons (Fsp3) is 0.938. The van der Waals surface area contributed by atoms with Crippen LogP contribution in [-0.4, -0.2) is 37.3 Å². The summed E-state index contributed by atoms with van der Waals surface area (Å²) in [6.07, 6.45) is 10.6. The van der Waals surface area contributed by atoms with Crippen LogP contribution in [0.1, 0.15) is 64.7 Å². The molecule has 0 aromatic carbocycles. The van der Waals surface area contributed by atoms with Crippen LogP contribution >= 0.6 is 0 Å². The summed E-state index contributed by atoms with van der Waals surface area (Å²) in [5.41, 5.74) is 0.318. The van der Waals surface area contributed by atoms with Crippen molar-refractivity contribution >= 4 is 5.97 Å². The Morgan fingerprint density at radius 2 is 1.65 bits per heavy atom. The number of hydrogen-bond donors (Lipinski definition) is 0. The fourth-order valence-electron chi connectivity index (χ4n) is 2.93. The lowest BCUT2D eigenvalue weighted by Gasteiger charge is -2.53. The second kappa shape index (κ2) is 7.99. The first-order valence-corrected chi connectivity index (χ1v) is 8.28. The third kappa shape index (κ3) is 4.74. The van der Waals surface area contributed by atoms with Crippen molar-refractivity contribution in [2.75, 3.05) is 26.3 Å². The summed E-state index contributed by atoms with van der Waals surface area (Å²) in [5.74, 6) is -0.0638. The molecule has 4 nitrogen and oxygen atoms in total. The summed E-state index contributed by atoms with van der Waals surface area (Å²) in [7, 11) is 0. The fourth-order valence-corrected chi connectivity index (χ4v) is 2.93. The lowest BCUT2D eigenvalue weighted by atomic mass is 9.80. The maximum absolute atomic E-state index is 11.6. The second-order valence-electron chi connectivity index (χ2n) is 6.48. The smallest absolute Gasteiger partial charge is 0.325 e. The van der Waals surface area contributed by atoms with Crippen LogP contribution in [0.3, 0.4) is 0 Å². The molecule has 116 valence electrons. The minimum atomic E-state index is -0.0638. The third-order valence-electron chi connectivity index (χ3n) is 4.31. The van der Waals surface area contributed by atoms with Crippen molar-refractivity contribution in [2.45, 2.75) is 64.7 Å². The summed E-state index contributed by atoms with van der Waals surface area (Å²) in [5, 5.41) is 1.79. The number of hydroxylamine groups is 2. The molecular formula is C16H29NO3. The highest BCUT2D eigenvalue weighted by Gasteiger charge is 2.50. The number of unbranched alkanes of at least 4 members (excludes halogenated alkanes) is 7. The number of carbonyl (C=O) groups is 1. The van der Waals surface area contributed by atoms with Crippen molar-refractivity contribution in [3.05, 3.63) is 0 Å². The Morgan fingerprint density at radius 3 is 2.20 bits per heavy atom. The Morgan fingerprint density at radius 1 is 1.05 bits per heavy atom. The molecule has 2 fully saturated rings. The predicted octanol–water partition coefficient (Wildman–Crippen LogP) is 3.31. The molecule has 0 aromatic heterocycles. The molecule has 1 spiro atoms. The van der Waals surface area contributed by atoms with Crippen LogP contribution in [0, 0.1) is 5.41 Å². The normalized spacial score (nSPS) is 20.4. The predicted molar refractivity (Wildman–Crippen MR) is 78.1 cm³/mol. The monoisotopic (exact) mass is 283 g/mol. The van der Waals surface area contributed by atoms with E-state index in [0.29, 0.717) is 11.8 Å². The van der Waals surface area contributed by atoms with Gasteiger partial charge in [-0.1, -0.05) is 51.9 Å². The van der Waals surface area contributed by atoms with Gasteiger partial charge >= 0.3 is 5.97 Å².